The molecule has 2 aromatic rings. The van der Waals surface area contributed by atoms with Crippen molar-refractivity contribution in [1.82, 2.24) is 15.1 Å². The molecule has 2 heterocycles. The minimum absolute atomic E-state index is 0.268. The number of ether oxygens (including phenoxy) is 1. The van der Waals surface area contributed by atoms with Crippen molar-refractivity contribution in [2.45, 2.75) is 6.54 Å². The average Bonchev–Trinajstić information content (AvgIpc) is 2.75. The van der Waals surface area contributed by atoms with E-state index < -0.39 is 0 Å². The molecular formula is C13H14FN3O. The molecule has 4 nitrogen and oxygen atoms in total. The summed E-state index contributed by atoms with van der Waals surface area (Å²) in [4.78, 5) is 0. The summed E-state index contributed by atoms with van der Waals surface area (Å²) in [5, 5.41) is 7.47. The predicted molar refractivity (Wildman–Crippen MR) is 65.1 cm³/mol. The Kier molecular flexibility index (Phi) is 2.98. The van der Waals surface area contributed by atoms with Crippen LogP contribution in [-0.2, 0) is 6.54 Å². The Hall–Kier alpha value is -1.88. The Labute approximate surface area is 104 Å². The number of aromatic nitrogens is 2. The van der Waals surface area contributed by atoms with Gasteiger partial charge in [0, 0.05) is 25.6 Å². The molecule has 1 aliphatic rings. The van der Waals surface area contributed by atoms with Gasteiger partial charge in [-0.1, -0.05) is 0 Å². The third-order valence-corrected chi connectivity index (χ3v) is 2.97. The van der Waals surface area contributed by atoms with Crippen LogP contribution in [-0.4, -0.2) is 22.9 Å². The monoisotopic (exact) mass is 247 g/mol. The molecule has 1 N–H and O–H groups in total. The number of benzene rings is 1. The first kappa shape index (κ1) is 11.2. The van der Waals surface area contributed by atoms with Crippen LogP contribution >= 0.6 is 0 Å². The van der Waals surface area contributed by atoms with Crippen LogP contribution in [0.3, 0.4) is 0 Å². The third-order valence-electron chi connectivity index (χ3n) is 2.97. The van der Waals surface area contributed by atoms with E-state index in [0.717, 1.165) is 19.6 Å². The zero-order valence-corrected chi connectivity index (χ0v) is 9.84. The van der Waals surface area contributed by atoms with Crippen LogP contribution in [0, 0.1) is 11.7 Å². The molecule has 0 aliphatic carbocycles. The Balaban J connectivity index is 1.63. The maximum absolute atomic E-state index is 12.7. The summed E-state index contributed by atoms with van der Waals surface area (Å²) in [6.45, 7) is 3.00. The molecule has 0 unspecified atom stereocenters. The van der Waals surface area contributed by atoms with Gasteiger partial charge in [-0.3, -0.25) is 4.68 Å². The summed E-state index contributed by atoms with van der Waals surface area (Å²) in [5.41, 5.74) is 0. The highest BCUT2D eigenvalue weighted by Gasteiger charge is 2.17. The van der Waals surface area contributed by atoms with Gasteiger partial charge in [-0.2, -0.15) is 5.10 Å². The van der Waals surface area contributed by atoms with E-state index in [1.807, 2.05) is 10.9 Å². The Morgan fingerprint density at radius 2 is 2.06 bits per heavy atom. The Morgan fingerprint density at radius 1 is 1.28 bits per heavy atom. The zero-order valence-electron chi connectivity index (χ0n) is 9.84. The molecule has 18 heavy (non-hydrogen) atoms. The van der Waals surface area contributed by atoms with E-state index >= 15 is 0 Å². The summed E-state index contributed by atoms with van der Waals surface area (Å²) in [6, 6.07) is 5.95. The van der Waals surface area contributed by atoms with Crippen molar-refractivity contribution >= 4 is 0 Å². The van der Waals surface area contributed by atoms with Crippen LogP contribution in [0.5, 0.6) is 11.5 Å². The second kappa shape index (κ2) is 4.78. The fourth-order valence-corrected chi connectivity index (χ4v) is 1.88. The SMILES string of the molecule is Fc1ccc(Oc2cnn(CC3CNC3)c2)cc1. The smallest absolute Gasteiger partial charge is 0.165 e. The van der Waals surface area contributed by atoms with E-state index in [1.165, 1.54) is 12.1 Å². The number of rotatable bonds is 4. The lowest BCUT2D eigenvalue weighted by Gasteiger charge is -2.26. The van der Waals surface area contributed by atoms with Gasteiger partial charge in [0.2, 0.25) is 0 Å². The number of nitrogens with one attached hydrogen (secondary N) is 1. The fourth-order valence-electron chi connectivity index (χ4n) is 1.88. The maximum Gasteiger partial charge on any atom is 0.165 e. The number of hydrogen-bond donors (Lipinski definition) is 1. The molecule has 1 aliphatic heterocycles. The van der Waals surface area contributed by atoms with Crippen molar-refractivity contribution in [2.75, 3.05) is 13.1 Å². The molecule has 1 aromatic carbocycles. The summed E-state index contributed by atoms with van der Waals surface area (Å²) in [5.74, 6) is 1.68. The number of halogens is 1. The van der Waals surface area contributed by atoms with E-state index in [1.54, 1.807) is 18.3 Å². The quantitative estimate of drug-likeness (QED) is 0.898. The van der Waals surface area contributed by atoms with E-state index in [4.69, 9.17) is 4.74 Å². The summed E-state index contributed by atoms with van der Waals surface area (Å²) < 4.78 is 20.2. The molecule has 1 fully saturated rings. The zero-order chi connectivity index (χ0) is 12.4. The highest BCUT2D eigenvalue weighted by Crippen LogP contribution is 2.21. The largest absolute Gasteiger partial charge is 0.454 e. The van der Waals surface area contributed by atoms with E-state index in [-0.39, 0.29) is 5.82 Å². The molecule has 0 spiro atoms. The van der Waals surface area contributed by atoms with Gasteiger partial charge in [0.05, 0.1) is 12.4 Å². The molecular weight excluding hydrogens is 233 g/mol. The molecule has 3 rings (SSSR count). The molecule has 94 valence electrons. The van der Waals surface area contributed by atoms with Gasteiger partial charge in [-0.05, 0) is 24.3 Å². The molecule has 0 saturated carbocycles. The molecule has 0 radical (unpaired) electrons. The first-order valence-electron chi connectivity index (χ1n) is 5.96. The van der Waals surface area contributed by atoms with Crippen LogP contribution in [0.1, 0.15) is 0 Å². The molecule has 1 aromatic heterocycles. The van der Waals surface area contributed by atoms with Gasteiger partial charge in [-0.25, -0.2) is 4.39 Å². The van der Waals surface area contributed by atoms with Gasteiger partial charge < -0.3 is 10.1 Å². The van der Waals surface area contributed by atoms with Crippen molar-refractivity contribution < 1.29 is 9.13 Å². The van der Waals surface area contributed by atoms with Crippen molar-refractivity contribution in [3.63, 3.8) is 0 Å². The molecule has 5 heteroatoms. The lowest BCUT2D eigenvalue weighted by Crippen LogP contribution is -2.44. The summed E-state index contributed by atoms with van der Waals surface area (Å²) in [6.07, 6.45) is 3.54. The second-order valence-corrected chi connectivity index (χ2v) is 4.48. The number of hydrogen-bond acceptors (Lipinski definition) is 3. The van der Waals surface area contributed by atoms with Gasteiger partial charge >= 0.3 is 0 Å². The minimum Gasteiger partial charge on any atom is -0.454 e. The van der Waals surface area contributed by atoms with Gasteiger partial charge in [0.25, 0.3) is 0 Å². The van der Waals surface area contributed by atoms with Crippen molar-refractivity contribution in [3.8, 4) is 11.5 Å². The Bertz CT molecular complexity index is 519. The highest BCUT2D eigenvalue weighted by atomic mass is 19.1. The van der Waals surface area contributed by atoms with E-state index in [2.05, 4.69) is 10.4 Å². The Morgan fingerprint density at radius 3 is 2.72 bits per heavy atom. The molecule has 0 bridgehead atoms. The topological polar surface area (TPSA) is 39.1 Å². The van der Waals surface area contributed by atoms with Crippen LogP contribution < -0.4 is 10.1 Å². The van der Waals surface area contributed by atoms with Crippen molar-refractivity contribution in [1.29, 1.82) is 0 Å². The lowest BCUT2D eigenvalue weighted by molar-refractivity contribution is 0.295. The van der Waals surface area contributed by atoms with Crippen LogP contribution in [0.4, 0.5) is 4.39 Å². The third kappa shape index (κ3) is 2.51. The molecule has 0 amide bonds. The normalized spacial score (nSPS) is 15.4. The van der Waals surface area contributed by atoms with E-state index in [0.29, 0.717) is 17.4 Å². The van der Waals surface area contributed by atoms with Crippen LogP contribution in [0.2, 0.25) is 0 Å². The fraction of sp³-hybridized carbons (Fsp3) is 0.308. The highest BCUT2D eigenvalue weighted by molar-refractivity contribution is 5.28. The van der Waals surface area contributed by atoms with Crippen molar-refractivity contribution in [3.05, 3.63) is 42.5 Å². The standard InChI is InChI=1S/C13H14FN3O/c14-11-1-3-12(4-2-11)18-13-7-16-17(9-13)8-10-5-15-6-10/h1-4,7,9-10,15H,5-6,8H2. The lowest BCUT2D eigenvalue weighted by atomic mass is 10.0. The first-order chi connectivity index (χ1) is 8.79. The summed E-state index contributed by atoms with van der Waals surface area (Å²) in [7, 11) is 0. The van der Waals surface area contributed by atoms with Gasteiger partial charge in [-0.15, -0.1) is 0 Å². The first-order valence-corrected chi connectivity index (χ1v) is 5.96. The second-order valence-electron chi connectivity index (χ2n) is 4.48. The average molecular weight is 247 g/mol. The van der Waals surface area contributed by atoms with Crippen molar-refractivity contribution in [2.24, 2.45) is 5.92 Å². The summed E-state index contributed by atoms with van der Waals surface area (Å²) >= 11 is 0. The minimum atomic E-state index is -0.268. The van der Waals surface area contributed by atoms with Gasteiger partial charge in [0.15, 0.2) is 5.75 Å². The maximum atomic E-state index is 12.7. The molecule has 0 atom stereocenters. The number of nitrogens with zero attached hydrogens (tertiary/aromatic N) is 2. The van der Waals surface area contributed by atoms with Crippen LogP contribution in [0.25, 0.3) is 0 Å². The predicted octanol–water partition coefficient (Wildman–Crippen LogP) is 2.03. The van der Waals surface area contributed by atoms with E-state index in [9.17, 15) is 4.39 Å². The molecule has 1 saturated heterocycles. The van der Waals surface area contributed by atoms with Crippen LogP contribution in [0.15, 0.2) is 36.7 Å². The van der Waals surface area contributed by atoms with Gasteiger partial charge in [0.1, 0.15) is 11.6 Å².